The van der Waals surface area contributed by atoms with Gasteiger partial charge >= 0.3 is 12.0 Å². The summed E-state index contributed by atoms with van der Waals surface area (Å²) in [5.74, 6) is -0.822. The van der Waals surface area contributed by atoms with Crippen LogP contribution in [0.2, 0.25) is 0 Å². The first-order valence-electron chi connectivity index (χ1n) is 6.39. The molecule has 1 atom stereocenters. The van der Waals surface area contributed by atoms with Crippen LogP contribution in [0, 0.1) is 5.92 Å². The summed E-state index contributed by atoms with van der Waals surface area (Å²) in [7, 11) is 0. The van der Waals surface area contributed by atoms with Gasteiger partial charge in [0.15, 0.2) is 6.04 Å². The van der Waals surface area contributed by atoms with Gasteiger partial charge in [-0.05, 0) is 12.8 Å². The number of hydrogen-bond acceptors (Lipinski definition) is 3. The van der Waals surface area contributed by atoms with Crippen LogP contribution in [-0.4, -0.2) is 52.9 Å². The molecule has 18 heavy (non-hydrogen) atoms. The molecule has 0 unspecified atom stereocenters. The van der Waals surface area contributed by atoms with Gasteiger partial charge in [0, 0.05) is 13.1 Å². The second-order valence-corrected chi connectivity index (χ2v) is 4.24. The van der Waals surface area contributed by atoms with Crippen molar-refractivity contribution in [2.45, 2.75) is 39.7 Å². The molecule has 106 valence electrons. The second-order valence-electron chi connectivity index (χ2n) is 4.24. The highest BCUT2D eigenvalue weighted by atomic mass is 16.4. The van der Waals surface area contributed by atoms with Gasteiger partial charge in [0.2, 0.25) is 0 Å². The highest BCUT2D eigenvalue weighted by molar-refractivity contribution is 5.82. The first-order chi connectivity index (χ1) is 8.49. The molecule has 2 amide bonds. The Balaban J connectivity index is 4.46. The Morgan fingerprint density at radius 2 is 1.78 bits per heavy atom. The fourth-order valence-electron chi connectivity index (χ4n) is 1.64. The molecule has 0 rings (SSSR count). The van der Waals surface area contributed by atoms with E-state index in [1.807, 2.05) is 6.92 Å². The van der Waals surface area contributed by atoms with E-state index in [0.29, 0.717) is 19.0 Å². The third-order valence-corrected chi connectivity index (χ3v) is 3.08. The number of nitrogens with one attached hydrogen (secondary N) is 1. The van der Waals surface area contributed by atoms with E-state index in [1.165, 1.54) is 0 Å². The van der Waals surface area contributed by atoms with E-state index in [0.717, 1.165) is 12.8 Å². The Labute approximate surface area is 108 Å². The number of carbonyl (C=O) groups is 2. The number of nitrogens with zero attached hydrogens (tertiary/aromatic N) is 1. The Kier molecular flexibility index (Phi) is 8.11. The zero-order chi connectivity index (χ0) is 14.1. The summed E-state index contributed by atoms with van der Waals surface area (Å²) in [6.07, 6.45) is 1.95. The normalized spacial score (nSPS) is 12.3. The number of amides is 2. The molecule has 0 aromatic rings. The van der Waals surface area contributed by atoms with Gasteiger partial charge < -0.3 is 20.4 Å². The lowest BCUT2D eigenvalue weighted by Gasteiger charge is -2.26. The van der Waals surface area contributed by atoms with Crippen LogP contribution in [-0.2, 0) is 4.79 Å². The van der Waals surface area contributed by atoms with Crippen molar-refractivity contribution in [2.75, 3.05) is 19.7 Å². The molecule has 0 radical (unpaired) electrons. The molecule has 0 aliphatic heterocycles. The first-order valence-corrected chi connectivity index (χ1v) is 6.39. The fraction of sp³-hybridized carbons (Fsp3) is 0.833. The van der Waals surface area contributed by atoms with Crippen molar-refractivity contribution in [3.05, 3.63) is 0 Å². The quantitative estimate of drug-likeness (QED) is 0.605. The number of hydrogen-bond donors (Lipinski definition) is 3. The number of urea groups is 1. The highest BCUT2D eigenvalue weighted by Crippen LogP contribution is 2.10. The molecule has 0 aliphatic rings. The Morgan fingerprint density at radius 3 is 2.11 bits per heavy atom. The lowest BCUT2D eigenvalue weighted by atomic mass is 10.0. The SMILES string of the molecule is CCC(CC)CN(CC)C(=O)N[C@H](CO)C(=O)O. The van der Waals surface area contributed by atoms with Crippen LogP contribution >= 0.6 is 0 Å². The molecule has 6 heteroatoms. The topological polar surface area (TPSA) is 89.9 Å². The van der Waals surface area contributed by atoms with Crippen molar-refractivity contribution < 1.29 is 19.8 Å². The molecule has 3 N–H and O–H groups in total. The van der Waals surface area contributed by atoms with Gasteiger partial charge in [0.1, 0.15) is 0 Å². The minimum absolute atomic E-state index is 0.410. The van der Waals surface area contributed by atoms with Gasteiger partial charge in [0.05, 0.1) is 6.61 Å². The van der Waals surface area contributed by atoms with Crippen molar-refractivity contribution in [1.82, 2.24) is 10.2 Å². The molecule has 0 spiro atoms. The number of aliphatic hydroxyl groups excluding tert-OH is 1. The lowest BCUT2D eigenvalue weighted by molar-refractivity contribution is -0.140. The molecule has 0 fully saturated rings. The lowest BCUT2D eigenvalue weighted by Crippen LogP contribution is -2.50. The molecule has 0 saturated carbocycles. The van der Waals surface area contributed by atoms with E-state index in [4.69, 9.17) is 10.2 Å². The van der Waals surface area contributed by atoms with Gasteiger partial charge in [-0.3, -0.25) is 0 Å². The van der Waals surface area contributed by atoms with Crippen LogP contribution in [0.25, 0.3) is 0 Å². The average Bonchev–Trinajstić information content (AvgIpc) is 2.36. The zero-order valence-electron chi connectivity index (χ0n) is 11.3. The third kappa shape index (κ3) is 5.35. The highest BCUT2D eigenvalue weighted by Gasteiger charge is 2.22. The van der Waals surface area contributed by atoms with Crippen LogP contribution in [0.3, 0.4) is 0 Å². The Morgan fingerprint density at radius 1 is 1.22 bits per heavy atom. The van der Waals surface area contributed by atoms with E-state index < -0.39 is 24.6 Å². The van der Waals surface area contributed by atoms with Crippen LogP contribution in [0.4, 0.5) is 4.79 Å². The van der Waals surface area contributed by atoms with E-state index >= 15 is 0 Å². The molecule has 0 bridgehead atoms. The zero-order valence-corrected chi connectivity index (χ0v) is 11.3. The third-order valence-electron chi connectivity index (χ3n) is 3.08. The monoisotopic (exact) mass is 260 g/mol. The van der Waals surface area contributed by atoms with Crippen molar-refractivity contribution in [2.24, 2.45) is 5.92 Å². The van der Waals surface area contributed by atoms with Gasteiger partial charge in [-0.2, -0.15) is 0 Å². The van der Waals surface area contributed by atoms with Crippen molar-refractivity contribution in [1.29, 1.82) is 0 Å². The van der Waals surface area contributed by atoms with Gasteiger partial charge in [-0.1, -0.05) is 26.7 Å². The molecule has 0 aromatic carbocycles. The summed E-state index contributed by atoms with van der Waals surface area (Å²) in [4.78, 5) is 24.1. The standard InChI is InChI=1S/C12H24N2O4/c1-4-9(5-2)7-14(6-3)12(18)13-10(8-15)11(16)17/h9-10,15H,4-8H2,1-3H3,(H,13,18)(H,16,17)/t10-/m1/s1. The summed E-state index contributed by atoms with van der Waals surface area (Å²) in [6, 6.07) is -1.68. The first kappa shape index (κ1) is 16.7. The predicted molar refractivity (Wildman–Crippen MR) is 68.4 cm³/mol. The van der Waals surface area contributed by atoms with Gasteiger partial charge in [0.25, 0.3) is 0 Å². The summed E-state index contributed by atoms with van der Waals surface area (Å²) in [5, 5.41) is 19.9. The summed E-state index contributed by atoms with van der Waals surface area (Å²) in [6.45, 7) is 6.48. The Hall–Kier alpha value is -1.30. The molecule has 0 saturated heterocycles. The number of carbonyl (C=O) groups excluding carboxylic acids is 1. The molecular formula is C12H24N2O4. The Bertz CT molecular complexity index is 267. The molecule has 0 aromatic heterocycles. The van der Waals surface area contributed by atoms with Crippen molar-refractivity contribution in [3.8, 4) is 0 Å². The molecule has 0 aliphatic carbocycles. The van der Waals surface area contributed by atoms with Crippen LogP contribution in [0.5, 0.6) is 0 Å². The maximum atomic E-state index is 11.9. The summed E-state index contributed by atoms with van der Waals surface area (Å²) in [5.41, 5.74) is 0. The van der Waals surface area contributed by atoms with E-state index in [-0.39, 0.29) is 0 Å². The van der Waals surface area contributed by atoms with E-state index in [2.05, 4.69) is 19.2 Å². The number of carboxylic acid groups (broad SMARTS) is 1. The maximum Gasteiger partial charge on any atom is 0.328 e. The van der Waals surface area contributed by atoms with Gasteiger partial charge in [-0.15, -0.1) is 0 Å². The van der Waals surface area contributed by atoms with Crippen LogP contribution in [0.15, 0.2) is 0 Å². The van der Waals surface area contributed by atoms with Crippen LogP contribution in [0.1, 0.15) is 33.6 Å². The number of rotatable bonds is 8. The van der Waals surface area contributed by atoms with Crippen molar-refractivity contribution >= 4 is 12.0 Å². The molecular weight excluding hydrogens is 236 g/mol. The van der Waals surface area contributed by atoms with Crippen LogP contribution < -0.4 is 5.32 Å². The number of aliphatic carboxylic acids is 1. The fourth-order valence-corrected chi connectivity index (χ4v) is 1.64. The average molecular weight is 260 g/mol. The maximum absolute atomic E-state index is 11.9. The second kappa shape index (κ2) is 8.74. The number of aliphatic hydroxyl groups is 1. The smallest absolute Gasteiger partial charge is 0.328 e. The molecule has 0 heterocycles. The van der Waals surface area contributed by atoms with E-state index in [9.17, 15) is 9.59 Å². The predicted octanol–water partition coefficient (Wildman–Crippen LogP) is 0.900. The van der Waals surface area contributed by atoms with E-state index in [1.54, 1.807) is 4.90 Å². The largest absolute Gasteiger partial charge is 0.480 e. The summed E-state index contributed by atoms with van der Waals surface area (Å²) >= 11 is 0. The minimum atomic E-state index is -1.24. The minimum Gasteiger partial charge on any atom is -0.480 e. The molecule has 6 nitrogen and oxygen atoms in total. The number of carboxylic acids is 1. The van der Waals surface area contributed by atoms with Crippen molar-refractivity contribution in [3.63, 3.8) is 0 Å². The van der Waals surface area contributed by atoms with Gasteiger partial charge in [-0.25, -0.2) is 9.59 Å². The summed E-state index contributed by atoms with van der Waals surface area (Å²) < 4.78 is 0.